The normalized spacial score (nSPS) is 15.6. The topological polar surface area (TPSA) is 92.7 Å². The van der Waals surface area contributed by atoms with Crippen molar-refractivity contribution in [2.24, 2.45) is 5.73 Å². The predicted molar refractivity (Wildman–Crippen MR) is 120 cm³/mol. The number of nitriles is 1. The predicted octanol–water partition coefficient (Wildman–Crippen LogP) is 5.25. The lowest BCUT2D eigenvalue weighted by Gasteiger charge is -2.23. The third kappa shape index (κ3) is 3.14. The van der Waals surface area contributed by atoms with Crippen LogP contribution in [0, 0.1) is 18.3 Å². The maximum atomic E-state index is 9.89. The van der Waals surface area contributed by atoms with Crippen molar-refractivity contribution in [1.82, 2.24) is 14.8 Å². The Kier molecular flexibility index (Phi) is 4.66. The van der Waals surface area contributed by atoms with Crippen molar-refractivity contribution in [3.05, 3.63) is 92.5 Å². The smallest absolute Gasteiger partial charge is 0.244 e. The largest absolute Gasteiger partial charge is 0.420 e. The molecule has 4 aromatic rings. The van der Waals surface area contributed by atoms with Crippen LogP contribution in [0.2, 0.25) is 10.0 Å². The lowest BCUT2D eigenvalue weighted by atomic mass is 9.84. The summed E-state index contributed by atoms with van der Waals surface area (Å²) < 4.78 is 7.73. The Balaban J connectivity index is 1.71. The minimum atomic E-state index is -0.390. The first kappa shape index (κ1) is 19.6. The second-order valence-corrected chi connectivity index (χ2v) is 8.30. The third-order valence-corrected chi connectivity index (χ3v) is 6.20. The van der Waals surface area contributed by atoms with Gasteiger partial charge in [-0.05, 0) is 36.2 Å². The van der Waals surface area contributed by atoms with E-state index < -0.39 is 0 Å². The van der Waals surface area contributed by atoms with E-state index >= 15 is 0 Å². The Labute approximate surface area is 188 Å². The van der Waals surface area contributed by atoms with Gasteiger partial charge in [0.15, 0.2) is 0 Å². The van der Waals surface area contributed by atoms with E-state index in [1.165, 1.54) is 0 Å². The first-order valence-electron chi connectivity index (χ1n) is 9.62. The number of H-pyrrole nitrogens is 1. The molecule has 2 aromatic carbocycles. The molecule has 3 N–H and O–H groups in total. The highest BCUT2D eigenvalue weighted by Gasteiger charge is 2.36. The number of ether oxygens (including phenoxy) is 1. The van der Waals surface area contributed by atoms with Crippen LogP contribution < -0.4 is 10.5 Å². The van der Waals surface area contributed by atoms with E-state index in [9.17, 15) is 5.26 Å². The van der Waals surface area contributed by atoms with Gasteiger partial charge >= 0.3 is 0 Å². The molecule has 0 saturated heterocycles. The quantitative estimate of drug-likeness (QED) is 0.446. The Morgan fingerprint density at radius 1 is 1.26 bits per heavy atom. The van der Waals surface area contributed by atoms with Crippen LogP contribution in [0.15, 0.2) is 60.1 Å². The van der Waals surface area contributed by atoms with Gasteiger partial charge in [-0.3, -0.25) is 5.10 Å². The summed E-state index contributed by atoms with van der Waals surface area (Å²) in [7, 11) is 0. The molecule has 0 fully saturated rings. The number of allylic oxidation sites excluding steroid dienone is 1. The van der Waals surface area contributed by atoms with E-state index in [0.29, 0.717) is 28.0 Å². The first-order chi connectivity index (χ1) is 15.0. The second kappa shape index (κ2) is 7.38. The molecule has 0 saturated carbocycles. The highest BCUT2D eigenvalue weighted by Crippen LogP contribution is 2.45. The number of aromatic amines is 1. The highest BCUT2D eigenvalue weighted by molar-refractivity contribution is 6.35. The summed E-state index contributed by atoms with van der Waals surface area (Å²) in [5.41, 5.74) is 11.0. The van der Waals surface area contributed by atoms with Gasteiger partial charge in [-0.2, -0.15) is 5.26 Å². The minimum absolute atomic E-state index is 0.0732. The number of fused-ring (bicyclic) bond motifs is 2. The fourth-order valence-electron chi connectivity index (χ4n) is 4.18. The molecule has 2 aromatic heterocycles. The molecule has 0 amide bonds. The van der Waals surface area contributed by atoms with Crippen LogP contribution in [0.4, 0.5) is 0 Å². The zero-order valence-corrected chi connectivity index (χ0v) is 18.0. The number of aryl methyl sites for hydroxylation is 1. The maximum Gasteiger partial charge on any atom is 0.244 e. The molecule has 0 bridgehead atoms. The van der Waals surface area contributed by atoms with Crippen molar-refractivity contribution in [3.8, 4) is 11.9 Å². The molecule has 1 unspecified atom stereocenters. The van der Waals surface area contributed by atoms with E-state index in [2.05, 4.69) is 20.8 Å². The zero-order valence-electron chi connectivity index (χ0n) is 16.5. The van der Waals surface area contributed by atoms with Gasteiger partial charge in [0.25, 0.3) is 0 Å². The van der Waals surface area contributed by atoms with Crippen LogP contribution in [0.5, 0.6) is 5.88 Å². The molecule has 31 heavy (non-hydrogen) atoms. The summed E-state index contributed by atoms with van der Waals surface area (Å²) in [6, 6.07) is 15.8. The van der Waals surface area contributed by atoms with Crippen LogP contribution >= 0.6 is 23.2 Å². The standard InChI is InChI=1S/C23H17Cl2N5O/c1-12-20-21(16(9-26)22(27)31-23(20)29-28-12)17-11-30(19-5-3-2-4-15(17)19)10-13-6-7-14(24)8-18(13)25/h2-8,11,21H,10,27H2,1H3,(H,28,29). The molecule has 0 spiro atoms. The van der Waals surface area contributed by atoms with Crippen LogP contribution in [0.3, 0.4) is 0 Å². The van der Waals surface area contributed by atoms with Gasteiger partial charge in [0.1, 0.15) is 11.6 Å². The van der Waals surface area contributed by atoms with Gasteiger partial charge < -0.3 is 15.0 Å². The molecule has 6 nitrogen and oxygen atoms in total. The molecular weight excluding hydrogens is 433 g/mol. The SMILES string of the molecule is Cc1[nH]nc2c1C(c1cn(Cc3ccc(Cl)cc3Cl)c3ccccc13)C(C#N)=C(N)O2. The van der Waals surface area contributed by atoms with Crippen molar-refractivity contribution in [1.29, 1.82) is 5.26 Å². The Bertz CT molecular complexity index is 1410. The number of hydrogen-bond acceptors (Lipinski definition) is 4. The molecule has 8 heteroatoms. The zero-order chi connectivity index (χ0) is 21.7. The highest BCUT2D eigenvalue weighted by atomic mass is 35.5. The Morgan fingerprint density at radius 2 is 2.06 bits per heavy atom. The van der Waals surface area contributed by atoms with Crippen LogP contribution in [-0.2, 0) is 6.54 Å². The molecule has 0 radical (unpaired) electrons. The fraction of sp³-hybridized carbons (Fsp3) is 0.130. The number of benzene rings is 2. The van der Waals surface area contributed by atoms with E-state index in [0.717, 1.165) is 33.3 Å². The van der Waals surface area contributed by atoms with Crippen molar-refractivity contribution in [2.75, 3.05) is 0 Å². The molecule has 3 heterocycles. The van der Waals surface area contributed by atoms with Gasteiger partial charge in [-0.25, -0.2) is 0 Å². The number of rotatable bonds is 3. The maximum absolute atomic E-state index is 9.89. The van der Waals surface area contributed by atoms with E-state index in [1.807, 2.05) is 49.5 Å². The van der Waals surface area contributed by atoms with E-state index in [1.54, 1.807) is 6.07 Å². The van der Waals surface area contributed by atoms with Gasteiger partial charge in [0.05, 0.1) is 5.92 Å². The van der Waals surface area contributed by atoms with Crippen molar-refractivity contribution < 1.29 is 4.74 Å². The van der Waals surface area contributed by atoms with Crippen LogP contribution in [0.1, 0.15) is 28.3 Å². The minimum Gasteiger partial charge on any atom is -0.420 e. The van der Waals surface area contributed by atoms with Crippen molar-refractivity contribution >= 4 is 34.1 Å². The Hall–Kier alpha value is -3.40. The number of para-hydroxylation sites is 1. The summed E-state index contributed by atoms with van der Waals surface area (Å²) in [6.07, 6.45) is 2.05. The molecule has 154 valence electrons. The summed E-state index contributed by atoms with van der Waals surface area (Å²) in [6.45, 7) is 2.46. The fourth-order valence-corrected chi connectivity index (χ4v) is 4.65. The Morgan fingerprint density at radius 3 is 2.84 bits per heavy atom. The van der Waals surface area contributed by atoms with E-state index in [4.69, 9.17) is 33.7 Å². The van der Waals surface area contributed by atoms with Crippen molar-refractivity contribution in [3.63, 3.8) is 0 Å². The lowest BCUT2D eigenvalue weighted by molar-refractivity contribution is 0.379. The number of nitrogens with one attached hydrogen (secondary N) is 1. The average Bonchev–Trinajstić information content (AvgIpc) is 3.30. The molecule has 5 rings (SSSR count). The van der Waals surface area contributed by atoms with Gasteiger partial charge in [-0.1, -0.05) is 47.5 Å². The van der Waals surface area contributed by atoms with E-state index in [-0.39, 0.29) is 11.8 Å². The van der Waals surface area contributed by atoms with Gasteiger partial charge in [-0.15, -0.1) is 5.10 Å². The molecule has 1 aliphatic heterocycles. The molecular formula is C23H17Cl2N5O. The van der Waals surface area contributed by atoms with Crippen molar-refractivity contribution in [2.45, 2.75) is 19.4 Å². The number of hydrogen-bond donors (Lipinski definition) is 2. The third-order valence-electron chi connectivity index (χ3n) is 5.62. The first-order valence-corrected chi connectivity index (χ1v) is 10.4. The average molecular weight is 450 g/mol. The summed E-state index contributed by atoms with van der Waals surface area (Å²) in [5, 5.41) is 19.3. The number of halogens is 2. The summed E-state index contributed by atoms with van der Waals surface area (Å²) in [5.74, 6) is 0.0833. The molecule has 1 aliphatic rings. The second-order valence-electron chi connectivity index (χ2n) is 7.46. The van der Waals surface area contributed by atoms with Crippen LogP contribution in [-0.4, -0.2) is 14.8 Å². The number of nitrogens with two attached hydrogens (primary N) is 1. The number of nitrogens with zero attached hydrogens (tertiary/aromatic N) is 3. The van der Waals surface area contributed by atoms with Gasteiger partial charge in [0.2, 0.25) is 11.8 Å². The van der Waals surface area contributed by atoms with Gasteiger partial charge in [0, 0.05) is 44.9 Å². The molecule has 0 aliphatic carbocycles. The monoisotopic (exact) mass is 449 g/mol. The number of aromatic nitrogens is 3. The summed E-state index contributed by atoms with van der Waals surface area (Å²) in [4.78, 5) is 0. The van der Waals surface area contributed by atoms with Crippen LogP contribution in [0.25, 0.3) is 10.9 Å². The summed E-state index contributed by atoms with van der Waals surface area (Å²) >= 11 is 12.5. The molecule has 1 atom stereocenters. The lowest BCUT2D eigenvalue weighted by Crippen LogP contribution is -2.21.